The molecule has 1 fully saturated rings. The molecule has 1 amide bonds. The molecule has 0 saturated carbocycles. The first-order chi connectivity index (χ1) is 17.9. The summed E-state index contributed by atoms with van der Waals surface area (Å²) in [6, 6.07) is 9.94. The average molecular weight is 526 g/mol. The molecule has 10 heteroatoms. The van der Waals surface area contributed by atoms with Crippen molar-refractivity contribution in [1.29, 1.82) is 0 Å². The van der Waals surface area contributed by atoms with Gasteiger partial charge in [-0.2, -0.15) is 0 Å². The fourth-order valence-electron chi connectivity index (χ4n) is 4.16. The van der Waals surface area contributed by atoms with Gasteiger partial charge in [-0.25, -0.2) is 0 Å². The quantitative estimate of drug-likeness (QED) is 0.399. The third kappa shape index (κ3) is 6.25. The molecule has 37 heavy (non-hydrogen) atoms. The monoisotopic (exact) mass is 525 g/mol. The van der Waals surface area contributed by atoms with Gasteiger partial charge in [0.15, 0.2) is 11.5 Å². The van der Waals surface area contributed by atoms with Gasteiger partial charge in [0.25, 0.3) is 5.91 Å². The summed E-state index contributed by atoms with van der Waals surface area (Å²) in [4.78, 5) is 17.7. The summed E-state index contributed by atoms with van der Waals surface area (Å²) in [6.07, 6.45) is 0. The van der Waals surface area contributed by atoms with Crippen molar-refractivity contribution in [3.8, 4) is 17.2 Å². The fraction of sp³-hybridized carbons (Fsp3) is 0.444. The molecule has 0 spiro atoms. The number of ether oxygens (including phenoxy) is 3. The van der Waals surface area contributed by atoms with Crippen LogP contribution in [0.2, 0.25) is 0 Å². The molecular formula is C27H35N5O4S. The van der Waals surface area contributed by atoms with Crippen molar-refractivity contribution in [2.45, 2.75) is 34.6 Å². The number of carbonyl (C=O) groups is 1. The van der Waals surface area contributed by atoms with Gasteiger partial charge in [0.2, 0.25) is 16.0 Å². The van der Waals surface area contributed by atoms with Gasteiger partial charge in [-0.05, 0) is 70.0 Å². The van der Waals surface area contributed by atoms with E-state index in [0.717, 1.165) is 31.3 Å². The highest BCUT2D eigenvalue weighted by molar-refractivity contribution is 7.19. The highest BCUT2D eigenvalue weighted by Gasteiger charge is 2.23. The van der Waals surface area contributed by atoms with E-state index in [4.69, 9.17) is 14.2 Å². The lowest BCUT2D eigenvalue weighted by molar-refractivity contribution is 0.102. The fourth-order valence-corrected chi connectivity index (χ4v) is 4.95. The third-order valence-corrected chi connectivity index (χ3v) is 7.11. The molecule has 1 saturated heterocycles. The summed E-state index contributed by atoms with van der Waals surface area (Å²) in [5.74, 6) is 1.13. The Hall–Kier alpha value is -3.53. The zero-order valence-corrected chi connectivity index (χ0v) is 23.0. The molecule has 2 heterocycles. The Morgan fingerprint density at radius 3 is 2.08 bits per heavy atom. The Morgan fingerprint density at radius 1 is 0.865 bits per heavy atom. The molecular weight excluding hydrogens is 490 g/mol. The van der Waals surface area contributed by atoms with E-state index in [1.54, 1.807) is 12.1 Å². The molecule has 1 aromatic heterocycles. The van der Waals surface area contributed by atoms with Crippen LogP contribution in [0.1, 0.15) is 42.3 Å². The maximum Gasteiger partial charge on any atom is 0.257 e. The number of nitrogens with one attached hydrogen (secondary N) is 1. The normalized spacial score (nSPS) is 13.4. The second-order valence-electron chi connectivity index (χ2n) is 8.69. The number of hydrogen-bond donors (Lipinski definition) is 1. The van der Waals surface area contributed by atoms with E-state index in [-0.39, 0.29) is 5.91 Å². The van der Waals surface area contributed by atoms with Gasteiger partial charge in [-0.1, -0.05) is 17.4 Å². The van der Waals surface area contributed by atoms with Crippen LogP contribution in [0.4, 0.5) is 16.0 Å². The molecule has 1 aliphatic heterocycles. The first-order valence-corrected chi connectivity index (χ1v) is 13.5. The van der Waals surface area contributed by atoms with Crippen LogP contribution < -0.4 is 29.3 Å². The van der Waals surface area contributed by atoms with Crippen LogP contribution >= 0.6 is 11.3 Å². The summed E-state index contributed by atoms with van der Waals surface area (Å²) in [5.41, 5.74) is 4.26. The first-order valence-electron chi connectivity index (χ1n) is 12.7. The Balaban J connectivity index is 1.42. The zero-order chi connectivity index (χ0) is 26.4. The van der Waals surface area contributed by atoms with Crippen LogP contribution in [0.25, 0.3) is 0 Å². The molecule has 1 N–H and O–H groups in total. The van der Waals surface area contributed by atoms with Crippen molar-refractivity contribution in [2.24, 2.45) is 0 Å². The van der Waals surface area contributed by atoms with E-state index in [1.165, 1.54) is 28.2 Å². The summed E-state index contributed by atoms with van der Waals surface area (Å²) < 4.78 is 17.2. The lowest BCUT2D eigenvalue weighted by atomic mass is 10.1. The molecule has 2 aromatic carbocycles. The lowest BCUT2D eigenvalue weighted by Crippen LogP contribution is -2.46. The van der Waals surface area contributed by atoms with E-state index in [9.17, 15) is 4.79 Å². The van der Waals surface area contributed by atoms with Gasteiger partial charge in [0.1, 0.15) is 0 Å². The molecule has 0 radical (unpaired) electrons. The van der Waals surface area contributed by atoms with Gasteiger partial charge in [0, 0.05) is 37.4 Å². The first kappa shape index (κ1) is 26.5. The van der Waals surface area contributed by atoms with Crippen molar-refractivity contribution < 1.29 is 19.0 Å². The highest BCUT2D eigenvalue weighted by Crippen LogP contribution is 2.39. The molecule has 3 aromatic rings. The smallest absolute Gasteiger partial charge is 0.257 e. The second kappa shape index (κ2) is 12.1. The molecule has 0 aliphatic carbocycles. The Labute approximate surface area is 222 Å². The predicted octanol–water partition coefficient (Wildman–Crippen LogP) is 4.93. The van der Waals surface area contributed by atoms with Crippen molar-refractivity contribution in [3.63, 3.8) is 0 Å². The Bertz CT molecular complexity index is 1200. The maximum absolute atomic E-state index is 13.1. The van der Waals surface area contributed by atoms with Crippen molar-refractivity contribution in [2.75, 3.05) is 61.1 Å². The van der Waals surface area contributed by atoms with E-state index >= 15 is 0 Å². The van der Waals surface area contributed by atoms with Gasteiger partial charge in [-0.3, -0.25) is 10.1 Å². The number of rotatable bonds is 10. The lowest BCUT2D eigenvalue weighted by Gasteiger charge is -2.36. The van der Waals surface area contributed by atoms with E-state index in [2.05, 4.69) is 57.4 Å². The Morgan fingerprint density at radius 2 is 1.49 bits per heavy atom. The Kier molecular flexibility index (Phi) is 8.70. The minimum Gasteiger partial charge on any atom is -0.490 e. The molecule has 0 bridgehead atoms. The summed E-state index contributed by atoms with van der Waals surface area (Å²) in [6.45, 7) is 14.7. The summed E-state index contributed by atoms with van der Waals surface area (Å²) >= 11 is 1.37. The number of piperazine rings is 1. The number of anilines is 3. The van der Waals surface area contributed by atoms with Gasteiger partial charge >= 0.3 is 0 Å². The van der Waals surface area contributed by atoms with Crippen LogP contribution in [0, 0.1) is 13.8 Å². The van der Waals surface area contributed by atoms with Crippen LogP contribution in [-0.4, -0.2) is 62.1 Å². The number of hydrogen-bond acceptors (Lipinski definition) is 9. The molecule has 4 rings (SSSR count). The van der Waals surface area contributed by atoms with E-state index < -0.39 is 0 Å². The standard InChI is InChI=1S/C27H35N5O4S/c1-6-34-22-16-20(17-23(35-7-2)24(22)36-8-3)25(33)28-26-29-30-27(37-26)32-13-11-31(12-14-32)21-10-9-18(4)19(5)15-21/h9-10,15-17H,6-8,11-14H2,1-5H3,(H,28,29,33). The zero-order valence-electron chi connectivity index (χ0n) is 22.2. The SMILES string of the molecule is CCOc1cc(C(=O)Nc2nnc(N3CCN(c4ccc(C)c(C)c4)CC3)s2)cc(OCC)c1OCC. The van der Waals surface area contributed by atoms with Crippen LogP contribution in [-0.2, 0) is 0 Å². The number of nitrogens with zero attached hydrogens (tertiary/aromatic N) is 4. The topological polar surface area (TPSA) is 89.0 Å². The largest absolute Gasteiger partial charge is 0.490 e. The number of carbonyl (C=O) groups excluding carboxylic acids is 1. The molecule has 0 unspecified atom stereocenters. The molecule has 0 atom stereocenters. The minimum absolute atomic E-state index is 0.313. The third-order valence-electron chi connectivity index (χ3n) is 6.21. The maximum atomic E-state index is 13.1. The number of aromatic nitrogens is 2. The predicted molar refractivity (Wildman–Crippen MR) is 148 cm³/mol. The summed E-state index contributed by atoms with van der Waals surface area (Å²) in [7, 11) is 0. The van der Waals surface area contributed by atoms with Crippen molar-refractivity contribution in [1.82, 2.24) is 10.2 Å². The van der Waals surface area contributed by atoms with E-state index in [1.807, 2.05) is 20.8 Å². The molecule has 198 valence electrons. The van der Waals surface area contributed by atoms with Crippen molar-refractivity contribution in [3.05, 3.63) is 47.0 Å². The molecule has 9 nitrogen and oxygen atoms in total. The number of aryl methyl sites for hydroxylation is 2. The summed E-state index contributed by atoms with van der Waals surface area (Å²) in [5, 5.41) is 12.7. The molecule has 1 aliphatic rings. The number of amides is 1. The van der Waals surface area contributed by atoms with Crippen LogP contribution in [0.3, 0.4) is 0 Å². The minimum atomic E-state index is -0.313. The van der Waals surface area contributed by atoms with Crippen LogP contribution in [0.15, 0.2) is 30.3 Å². The average Bonchev–Trinajstić information content (AvgIpc) is 3.36. The van der Waals surface area contributed by atoms with E-state index in [0.29, 0.717) is 47.8 Å². The van der Waals surface area contributed by atoms with Gasteiger partial charge in [-0.15, -0.1) is 10.2 Å². The number of benzene rings is 2. The highest BCUT2D eigenvalue weighted by atomic mass is 32.1. The van der Waals surface area contributed by atoms with Crippen molar-refractivity contribution >= 4 is 33.2 Å². The van der Waals surface area contributed by atoms with Gasteiger partial charge in [0.05, 0.1) is 19.8 Å². The van der Waals surface area contributed by atoms with Gasteiger partial charge < -0.3 is 24.0 Å². The second-order valence-corrected chi connectivity index (χ2v) is 9.64. The van der Waals surface area contributed by atoms with Crippen LogP contribution in [0.5, 0.6) is 17.2 Å².